The highest BCUT2D eigenvalue weighted by Gasteiger charge is 2.70. The molecule has 4 fully saturated rings. The zero-order chi connectivity index (χ0) is 35.7. The molecule has 3 aliphatic carbocycles. The van der Waals surface area contributed by atoms with Crippen LogP contribution in [0.3, 0.4) is 0 Å². The Kier molecular flexibility index (Phi) is 11.0. The largest absolute Gasteiger partial charge is 0.381 e. The molecule has 49 heavy (non-hydrogen) atoms. The van der Waals surface area contributed by atoms with Gasteiger partial charge in [-0.1, -0.05) is 67.2 Å². The van der Waals surface area contributed by atoms with Gasteiger partial charge in [0.25, 0.3) is 11.8 Å². The van der Waals surface area contributed by atoms with Gasteiger partial charge in [0, 0.05) is 25.0 Å². The van der Waals surface area contributed by atoms with Crippen LogP contribution in [0.5, 0.6) is 0 Å². The quantitative estimate of drug-likeness (QED) is 0.210. The van der Waals surface area contributed by atoms with Crippen molar-refractivity contribution < 1.29 is 29.1 Å². The molecule has 1 saturated heterocycles. The van der Waals surface area contributed by atoms with E-state index in [0.29, 0.717) is 19.4 Å². The van der Waals surface area contributed by atoms with Crippen molar-refractivity contribution in [3.8, 4) is 0 Å². The third-order valence-corrected chi connectivity index (χ3v) is 11.1. The van der Waals surface area contributed by atoms with Crippen LogP contribution in [0.25, 0.3) is 0 Å². The van der Waals surface area contributed by atoms with Crippen LogP contribution in [0.2, 0.25) is 0 Å². The van der Waals surface area contributed by atoms with Crippen molar-refractivity contribution in [1.82, 2.24) is 36.1 Å². The summed E-state index contributed by atoms with van der Waals surface area (Å²) < 4.78 is 0. The fourth-order valence-electron chi connectivity index (χ4n) is 7.94. The molecule has 5 N–H and O–H groups in total. The number of rotatable bonds is 13. The van der Waals surface area contributed by atoms with Crippen LogP contribution < -0.4 is 21.3 Å². The first-order chi connectivity index (χ1) is 23.1. The van der Waals surface area contributed by atoms with E-state index in [2.05, 4.69) is 45.1 Å². The van der Waals surface area contributed by atoms with Crippen molar-refractivity contribution in [2.24, 2.45) is 28.6 Å². The fourth-order valence-corrected chi connectivity index (χ4v) is 7.94. The maximum Gasteiger partial charge on any atom is 0.272 e. The van der Waals surface area contributed by atoms with E-state index in [9.17, 15) is 29.1 Å². The first-order valence-electron chi connectivity index (χ1n) is 18.1. The standard InChI is InChI=1S/C36H55N7O6/c1-7-11-23(28(44)33(48)39-21-14-15-21)40-32(47)27-25-22(36(25,5)6)19-43(27)34(49)29(35(2,3)4)42-31(46)26(20-12-9-8-10-13-20)41-30(45)24-18-37-16-17-38-24/h16-18,20-23,25-29,44H,7-15,19H2,1-6H3,(H,39,48)(H,40,47)(H,41,45)(H,42,46)/t22-,23-,25-,26-,27?,28?,29+/m0/s1. The molecule has 3 saturated carbocycles. The lowest BCUT2D eigenvalue weighted by molar-refractivity contribution is -0.146. The molecule has 0 spiro atoms. The predicted molar refractivity (Wildman–Crippen MR) is 182 cm³/mol. The summed E-state index contributed by atoms with van der Waals surface area (Å²) in [5.41, 5.74) is -0.800. The van der Waals surface area contributed by atoms with E-state index >= 15 is 0 Å². The van der Waals surface area contributed by atoms with Gasteiger partial charge < -0.3 is 31.3 Å². The molecular formula is C36H55N7O6. The summed E-state index contributed by atoms with van der Waals surface area (Å²) in [5.74, 6) is -2.35. The van der Waals surface area contributed by atoms with E-state index in [0.717, 1.165) is 44.9 Å². The molecular weight excluding hydrogens is 626 g/mol. The second-order valence-electron chi connectivity index (χ2n) is 16.3. The van der Waals surface area contributed by atoms with E-state index in [1.165, 1.54) is 18.6 Å². The minimum absolute atomic E-state index is 0.0682. The molecule has 13 nitrogen and oxygen atoms in total. The molecule has 7 atom stereocenters. The third kappa shape index (κ3) is 8.24. The summed E-state index contributed by atoms with van der Waals surface area (Å²) in [7, 11) is 0. The summed E-state index contributed by atoms with van der Waals surface area (Å²) in [6, 6.07) is -3.43. The lowest BCUT2D eigenvalue weighted by Crippen LogP contribution is -2.63. The Bertz CT molecular complexity index is 1390. The fraction of sp³-hybridized carbons (Fsp3) is 0.750. The van der Waals surface area contributed by atoms with Crippen LogP contribution in [0.1, 0.15) is 110 Å². The average Bonchev–Trinajstić information content (AvgIpc) is 3.92. The van der Waals surface area contributed by atoms with Crippen LogP contribution in [0.4, 0.5) is 0 Å². The zero-order valence-corrected chi connectivity index (χ0v) is 29.8. The molecule has 2 heterocycles. The number of amides is 5. The Morgan fingerprint density at radius 2 is 1.67 bits per heavy atom. The lowest BCUT2D eigenvalue weighted by Gasteiger charge is -2.39. The van der Waals surface area contributed by atoms with E-state index in [-0.39, 0.29) is 40.8 Å². The summed E-state index contributed by atoms with van der Waals surface area (Å²) in [6.07, 6.45) is 10.1. The smallest absolute Gasteiger partial charge is 0.272 e. The predicted octanol–water partition coefficient (Wildman–Crippen LogP) is 2.09. The Hall–Kier alpha value is -3.61. The van der Waals surface area contributed by atoms with Crippen molar-refractivity contribution in [2.45, 2.75) is 136 Å². The molecule has 270 valence electrons. The minimum atomic E-state index is -1.41. The first kappa shape index (κ1) is 36.7. The number of aliphatic hydroxyl groups is 1. The Morgan fingerprint density at radius 1 is 0.980 bits per heavy atom. The number of hydrogen-bond donors (Lipinski definition) is 5. The van der Waals surface area contributed by atoms with Gasteiger partial charge in [-0.15, -0.1) is 0 Å². The Balaban J connectivity index is 1.35. The average molecular weight is 682 g/mol. The van der Waals surface area contributed by atoms with Gasteiger partial charge in [0.2, 0.25) is 17.7 Å². The number of carbonyl (C=O) groups excluding carboxylic acids is 5. The van der Waals surface area contributed by atoms with E-state index in [4.69, 9.17) is 0 Å². The molecule has 0 aromatic carbocycles. The molecule has 1 aromatic heterocycles. The minimum Gasteiger partial charge on any atom is -0.381 e. The topological polar surface area (TPSA) is 183 Å². The van der Waals surface area contributed by atoms with Gasteiger partial charge in [-0.05, 0) is 60.7 Å². The SMILES string of the molecule is CCC[C@H](NC(=O)C1[C@@H]2[C@H](CN1C(=O)[C@@H](NC(=O)[C@@H](NC(=O)c1cnccn1)C1CCCCC1)C(C)(C)C)C2(C)C)C(O)C(=O)NC1CC1. The maximum atomic E-state index is 14.6. The molecule has 1 aliphatic heterocycles. The van der Waals surface area contributed by atoms with Gasteiger partial charge in [0.1, 0.15) is 23.8 Å². The van der Waals surface area contributed by atoms with Gasteiger partial charge >= 0.3 is 0 Å². The van der Waals surface area contributed by atoms with Crippen molar-refractivity contribution in [3.63, 3.8) is 0 Å². The van der Waals surface area contributed by atoms with Gasteiger partial charge in [-0.3, -0.25) is 29.0 Å². The molecule has 2 unspecified atom stereocenters. The highest BCUT2D eigenvalue weighted by Crippen LogP contribution is 2.65. The number of hydrogen-bond acceptors (Lipinski definition) is 8. The second-order valence-corrected chi connectivity index (χ2v) is 16.3. The number of fused-ring (bicyclic) bond motifs is 1. The van der Waals surface area contributed by atoms with Crippen LogP contribution in [0, 0.1) is 28.6 Å². The number of aliphatic hydroxyl groups excluding tert-OH is 1. The molecule has 5 amide bonds. The van der Waals surface area contributed by atoms with Crippen molar-refractivity contribution in [2.75, 3.05) is 6.54 Å². The Morgan fingerprint density at radius 3 is 2.27 bits per heavy atom. The van der Waals surface area contributed by atoms with Crippen molar-refractivity contribution in [1.29, 1.82) is 0 Å². The summed E-state index contributed by atoms with van der Waals surface area (Å²) in [6.45, 7) is 12.0. The van der Waals surface area contributed by atoms with Crippen LogP contribution in [0.15, 0.2) is 18.6 Å². The summed E-state index contributed by atoms with van der Waals surface area (Å²) in [5, 5.41) is 22.6. The van der Waals surface area contributed by atoms with E-state index < -0.39 is 59.3 Å². The van der Waals surface area contributed by atoms with Crippen LogP contribution in [-0.4, -0.2) is 92.4 Å². The van der Waals surface area contributed by atoms with E-state index in [1.807, 2.05) is 27.7 Å². The zero-order valence-electron chi connectivity index (χ0n) is 29.8. The monoisotopic (exact) mass is 681 g/mol. The molecule has 0 bridgehead atoms. The number of nitrogens with one attached hydrogen (secondary N) is 4. The van der Waals surface area contributed by atoms with Gasteiger partial charge in [-0.25, -0.2) is 4.98 Å². The van der Waals surface area contributed by atoms with Gasteiger partial charge in [0.05, 0.1) is 12.2 Å². The van der Waals surface area contributed by atoms with E-state index in [1.54, 1.807) is 4.90 Å². The maximum absolute atomic E-state index is 14.6. The van der Waals surface area contributed by atoms with Crippen LogP contribution in [-0.2, 0) is 19.2 Å². The second kappa shape index (κ2) is 14.7. The number of carbonyl (C=O) groups is 5. The number of piperidine rings is 1. The normalized spacial score (nSPS) is 25.6. The Labute approximate surface area is 289 Å². The number of nitrogens with zero attached hydrogens (tertiary/aromatic N) is 3. The molecule has 4 aliphatic rings. The molecule has 13 heteroatoms. The molecule has 0 radical (unpaired) electrons. The van der Waals surface area contributed by atoms with Crippen molar-refractivity contribution in [3.05, 3.63) is 24.3 Å². The van der Waals surface area contributed by atoms with Gasteiger partial charge in [-0.2, -0.15) is 0 Å². The number of likely N-dealkylation sites (tertiary alicyclic amines) is 1. The molecule has 1 aromatic rings. The highest BCUT2D eigenvalue weighted by atomic mass is 16.3. The van der Waals surface area contributed by atoms with Gasteiger partial charge in [0.15, 0.2) is 6.10 Å². The third-order valence-electron chi connectivity index (χ3n) is 11.1. The van der Waals surface area contributed by atoms with Crippen molar-refractivity contribution >= 4 is 29.5 Å². The molecule has 5 rings (SSSR count). The first-order valence-corrected chi connectivity index (χ1v) is 18.1. The lowest BCUT2D eigenvalue weighted by atomic mass is 9.82. The summed E-state index contributed by atoms with van der Waals surface area (Å²) >= 11 is 0. The number of aromatic nitrogens is 2. The van der Waals surface area contributed by atoms with Crippen LogP contribution >= 0.6 is 0 Å². The highest BCUT2D eigenvalue weighted by molar-refractivity contribution is 5.98. The summed E-state index contributed by atoms with van der Waals surface area (Å²) in [4.78, 5) is 78.3.